The van der Waals surface area contributed by atoms with Gasteiger partial charge in [0.05, 0.1) is 12.6 Å². The Morgan fingerprint density at radius 1 is 0.840 bits per heavy atom. The van der Waals surface area contributed by atoms with E-state index in [1.54, 1.807) is 0 Å². The number of benzene rings is 2. The fourth-order valence-electron chi connectivity index (χ4n) is 4.01. The van der Waals surface area contributed by atoms with Crippen LogP contribution in [-0.2, 0) is 9.53 Å². The van der Waals surface area contributed by atoms with Crippen LogP contribution < -0.4 is 0 Å². The van der Waals surface area contributed by atoms with Gasteiger partial charge in [0.25, 0.3) is 0 Å². The van der Waals surface area contributed by atoms with Gasteiger partial charge in [-0.25, -0.2) is 0 Å². The van der Waals surface area contributed by atoms with Crippen molar-refractivity contribution in [3.8, 4) is 0 Å². The molecule has 2 fully saturated rings. The summed E-state index contributed by atoms with van der Waals surface area (Å²) in [7, 11) is 0. The van der Waals surface area contributed by atoms with E-state index in [-0.39, 0.29) is 18.1 Å². The number of hydrogen-bond acceptors (Lipinski definition) is 4. The first kappa shape index (κ1) is 16.3. The molecule has 130 valence electrons. The maximum absolute atomic E-state index is 11.9. The van der Waals surface area contributed by atoms with Crippen LogP contribution in [0.25, 0.3) is 0 Å². The number of ether oxygens (including phenoxy) is 1. The predicted molar refractivity (Wildman–Crippen MR) is 97.2 cm³/mol. The van der Waals surface area contributed by atoms with E-state index in [0.29, 0.717) is 6.61 Å². The van der Waals surface area contributed by atoms with E-state index < -0.39 is 0 Å². The molecule has 0 N–H and O–H groups in total. The van der Waals surface area contributed by atoms with Gasteiger partial charge in [-0.2, -0.15) is 0 Å². The molecule has 2 aromatic rings. The highest BCUT2D eigenvalue weighted by molar-refractivity contribution is 5.77. The molecule has 0 bridgehead atoms. The second-order valence-electron chi connectivity index (χ2n) is 6.77. The van der Waals surface area contributed by atoms with Crippen molar-refractivity contribution in [2.24, 2.45) is 0 Å². The van der Waals surface area contributed by atoms with Crippen LogP contribution in [0.1, 0.15) is 23.6 Å². The van der Waals surface area contributed by atoms with Crippen molar-refractivity contribution in [3.05, 3.63) is 71.8 Å². The molecule has 0 spiro atoms. The lowest BCUT2D eigenvalue weighted by atomic mass is 9.96. The Morgan fingerprint density at radius 3 is 1.88 bits per heavy atom. The number of nitrogens with zero attached hydrogens (tertiary/aromatic N) is 2. The summed E-state index contributed by atoms with van der Waals surface area (Å²) in [6.45, 7) is 4.31. The highest BCUT2D eigenvalue weighted by Crippen LogP contribution is 2.30. The lowest BCUT2D eigenvalue weighted by Crippen LogP contribution is -2.52. The Hall–Kier alpha value is -2.17. The van der Waals surface area contributed by atoms with Gasteiger partial charge in [-0.3, -0.25) is 14.6 Å². The second-order valence-corrected chi connectivity index (χ2v) is 6.77. The molecular weight excluding hydrogens is 312 g/mol. The lowest BCUT2D eigenvalue weighted by molar-refractivity contribution is -0.142. The van der Waals surface area contributed by atoms with Gasteiger partial charge in [-0.05, 0) is 11.1 Å². The predicted octanol–water partition coefficient (Wildman–Crippen LogP) is 2.71. The van der Waals surface area contributed by atoms with Crippen molar-refractivity contribution in [2.45, 2.75) is 18.5 Å². The first-order chi connectivity index (χ1) is 12.3. The molecule has 1 atom stereocenters. The largest absolute Gasteiger partial charge is 0.464 e. The third kappa shape index (κ3) is 3.46. The van der Waals surface area contributed by atoms with E-state index in [1.165, 1.54) is 11.1 Å². The third-order valence-electron chi connectivity index (χ3n) is 5.29. The summed E-state index contributed by atoms with van der Waals surface area (Å²) >= 11 is 0. The Bertz CT molecular complexity index is 657. The molecule has 25 heavy (non-hydrogen) atoms. The Kier molecular flexibility index (Phi) is 4.81. The highest BCUT2D eigenvalue weighted by atomic mass is 16.5. The third-order valence-corrected chi connectivity index (χ3v) is 5.29. The molecule has 0 saturated carbocycles. The van der Waals surface area contributed by atoms with E-state index in [9.17, 15) is 4.79 Å². The zero-order valence-corrected chi connectivity index (χ0v) is 14.4. The number of carbonyl (C=O) groups excluding carboxylic acids is 1. The van der Waals surface area contributed by atoms with E-state index >= 15 is 0 Å². The van der Waals surface area contributed by atoms with Crippen LogP contribution in [0, 0.1) is 0 Å². The fourth-order valence-corrected chi connectivity index (χ4v) is 4.01. The molecule has 2 heterocycles. The molecule has 4 nitrogen and oxygen atoms in total. The average Bonchev–Trinajstić information content (AvgIpc) is 3.10. The summed E-state index contributed by atoms with van der Waals surface area (Å²) in [5.74, 6) is -0.0453. The van der Waals surface area contributed by atoms with Gasteiger partial charge in [0.2, 0.25) is 0 Å². The fraction of sp³-hybridized carbons (Fsp3) is 0.381. The van der Waals surface area contributed by atoms with Crippen molar-refractivity contribution in [1.29, 1.82) is 0 Å². The molecule has 2 saturated heterocycles. The van der Waals surface area contributed by atoms with Gasteiger partial charge in [-0.1, -0.05) is 60.7 Å². The summed E-state index contributed by atoms with van der Waals surface area (Å²) in [6.07, 6.45) is 0.833. The van der Waals surface area contributed by atoms with Gasteiger partial charge in [0.15, 0.2) is 0 Å². The Balaban J connectivity index is 1.52. The summed E-state index contributed by atoms with van der Waals surface area (Å²) in [5, 5.41) is 0. The molecule has 0 amide bonds. The zero-order valence-electron chi connectivity index (χ0n) is 14.4. The summed E-state index contributed by atoms with van der Waals surface area (Å²) in [6, 6.07) is 21.6. The second kappa shape index (κ2) is 7.38. The Labute approximate surface area is 149 Å². The van der Waals surface area contributed by atoms with E-state index in [1.807, 2.05) is 0 Å². The van der Waals surface area contributed by atoms with Crippen LogP contribution in [0.3, 0.4) is 0 Å². The molecule has 2 aliphatic heterocycles. The van der Waals surface area contributed by atoms with E-state index in [4.69, 9.17) is 4.74 Å². The zero-order chi connectivity index (χ0) is 17.1. The minimum Gasteiger partial charge on any atom is -0.464 e. The van der Waals surface area contributed by atoms with Crippen molar-refractivity contribution in [2.75, 3.05) is 32.8 Å². The molecule has 2 aliphatic rings. The number of piperazine rings is 1. The van der Waals surface area contributed by atoms with Gasteiger partial charge < -0.3 is 4.74 Å². The minimum absolute atomic E-state index is 0.0333. The van der Waals surface area contributed by atoms with Crippen LogP contribution >= 0.6 is 0 Å². The number of hydrogen-bond donors (Lipinski definition) is 0. The number of carbonyl (C=O) groups is 1. The standard InChI is InChI=1S/C21H24N2O2/c24-21-19(11-16-25-21)22-12-14-23(15-13-22)20(17-7-3-1-4-8-17)18-9-5-2-6-10-18/h1-10,19-20H,11-16H2. The molecule has 1 unspecified atom stereocenters. The topological polar surface area (TPSA) is 32.8 Å². The summed E-state index contributed by atoms with van der Waals surface area (Å²) in [5.41, 5.74) is 2.64. The molecular formula is C21H24N2O2. The van der Waals surface area contributed by atoms with Gasteiger partial charge in [-0.15, -0.1) is 0 Å². The monoisotopic (exact) mass is 336 g/mol. The number of rotatable bonds is 4. The molecule has 4 heteroatoms. The first-order valence-electron chi connectivity index (χ1n) is 9.07. The number of esters is 1. The van der Waals surface area contributed by atoms with Crippen LogP contribution in [0.5, 0.6) is 0 Å². The van der Waals surface area contributed by atoms with Crippen LogP contribution in [-0.4, -0.2) is 54.6 Å². The smallest absolute Gasteiger partial charge is 0.323 e. The maximum atomic E-state index is 11.9. The van der Waals surface area contributed by atoms with E-state index in [0.717, 1.165) is 32.6 Å². The average molecular weight is 336 g/mol. The number of cyclic esters (lactones) is 1. The van der Waals surface area contributed by atoms with Gasteiger partial charge in [0.1, 0.15) is 6.04 Å². The minimum atomic E-state index is -0.0453. The molecule has 4 rings (SSSR count). The van der Waals surface area contributed by atoms with Crippen LogP contribution in [0.2, 0.25) is 0 Å². The van der Waals surface area contributed by atoms with Crippen LogP contribution in [0.15, 0.2) is 60.7 Å². The summed E-state index contributed by atoms with van der Waals surface area (Å²) in [4.78, 5) is 16.7. The molecule has 0 radical (unpaired) electrons. The Morgan fingerprint density at radius 2 is 1.40 bits per heavy atom. The van der Waals surface area contributed by atoms with Crippen molar-refractivity contribution in [3.63, 3.8) is 0 Å². The van der Waals surface area contributed by atoms with E-state index in [2.05, 4.69) is 70.5 Å². The quantitative estimate of drug-likeness (QED) is 0.804. The SMILES string of the molecule is O=C1OCCC1N1CCN(C(c2ccccc2)c2ccccc2)CC1. The van der Waals surface area contributed by atoms with Crippen molar-refractivity contribution in [1.82, 2.24) is 9.80 Å². The lowest BCUT2D eigenvalue weighted by Gasteiger charge is -2.41. The highest BCUT2D eigenvalue weighted by Gasteiger charge is 2.35. The van der Waals surface area contributed by atoms with Crippen LogP contribution in [0.4, 0.5) is 0 Å². The molecule has 0 aromatic heterocycles. The maximum Gasteiger partial charge on any atom is 0.323 e. The first-order valence-corrected chi connectivity index (χ1v) is 9.07. The van der Waals surface area contributed by atoms with Gasteiger partial charge in [0, 0.05) is 32.6 Å². The van der Waals surface area contributed by atoms with Gasteiger partial charge >= 0.3 is 5.97 Å². The summed E-state index contributed by atoms with van der Waals surface area (Å²) < 4.78 is 5.14. The molecule has 2 aromatic carbocycles. The molecule has 0 aliphatic carbocycles. The van der Waals surface area contributed by atoms with Crippen molar-refractivity contribution < 1.29 is 9.53 Å². The normalized spacial score (nSPS) is 22.3. The van der Waals surface area contributed by atoms with Crippen molar-refractivity contribution >= 4 is 5.97 Å².